The third-order valence-corrected chi connectivity index (χ3v) is 3.70. The van der Waals surface area contributed by atoms with Crippen molar-refractivity contribution in [3.63, 3.8) is 0 Å². The molecule has 1 amide bonds. The standard InChI is InChI=1S/C19H22N2O3/c1-21(2)16-11-7-10-15(13-16)18(22)20-17(19(23)24-3)12-14-8-5-4-6-9-14/h4-11,13,17H,12H2,1-3H3,(H,20,22)/t17-/m0/s1. The summed E-state index contributed by atoms with van der Waals surface area (Å²) < 4.78 is 4.82. The number of rotatable bonds is 6. The number of hydrogen-bond donors (Lipinski definition) is 1. The number of nitrogens with zero attached hydrogens (tertiary/aromatic N) is 1. The van der Waals surface area contributed by atoms with E-state index in [0.717, 1.165) is 11.3 Å². The molecule has 0 bridgehead atoms. The lowest BCUT2D eigenvalue weighted by molar-refractivity contribution is -0.142. The minimum absolute atomic E-state index is 0.301. The maximum absolute atomic E-state index is 12.5. The first-order chi connectivity index (χ1) is 11.5. The van der Waals surface area contributed by atoms with Gasteiger partial charge in [0.05, 0.1) is 7.11 Å². The van der Waals surface area contributed by atoms with Crippen molar-refractivity contribution in [2.75, 3.05) is 26.1 Å². The van der Waals surface area contributed by atoms with Gasteiger partial charge in [-0.1, -0.05) is 36.4 Å². The van der Waals surface area contributed by atoms with Crippen molar-refractivity contribution in [1.82, 2.24) is 5.32 Å². The first-order valence-electron chi connectivity index (χ1n) is 7.71. The number of benzene rings is 2. The smallest absolute Gasteiger partial charge is 0.328 e. The average molecular weight is 326 g/mol. The molecule has 0 saturated heterocycles. The molecule has 0 fully saturated rings. The number of methoxy groups -OCH3 is 1. The van der Waals surface area contributed by atoms with E-state index in [1.165, 1.54) is 7.11 Å². The van der Waals surface area contributed by atoms with Crippen LogP contribution in [0.4, 0.5) is 5.69 Å². The zero-order chi connectivity index (χ0) is 17.5. The Labute approximate surface area is 142 Å². The molecule has 1 atom stereocenters. The molecule has 0 unspecified atom stereocenters. The lowest BCUT2D eigenvalue weighted by Gasteiger charge is -2.18. The zero-order valence-electron chi connectivity index (χ0n) is 14.2. The Morgan fingerprint density at radius 1 is 1.08 bits per heavy atom. The first kappa shape index (κ1) is 17.5. The highest BCUT2D eigenvalue weighted by Crippen LogP contribution is 2.14. The highest BCUT2D eigenvalue weighted by Gasteiger charge is 2.22. The second-order valence-electron chi connectivity index (χ2n) is 5.68. The van der Waals surface area contributed by atoms with Crippen LogP contribution in [0.25, 0.3) is 0 Å². The van der Waals surface area contributed by atoms with Crippen molar-refractivity contribution in [2.45, 2.75) is 12.5 Å². The highest BCUT2D eigenvalue weighted by molar-refractivity contribution is 5.97. The molecule has 5 heteroatoms. The summed E-state index contributed by atoms with van der Waals surface area (Å²) in [7, 11) is 5.13. The van der Waals surface area contributed by atoms with Crippen LogP contribution in [0.2, 0.25) is 0 Å². The Morgan fingerprint density at radius 2 is 1.79 bits per heavy atom. The number of esters is 1. The number of amides is 1. The summed E-state index contributed by atoms with van der Waals surface area (Å²) in [5, 5.41) is 2.77. The molecule has 126 valence electrons. The molecular formula is C19H22N2O3. The van der Waals surface area contributed by atoms with Crippen molar-refractivity contribution in [2.24, 2.45) is 0 Å². The maximum Gasteiger partial charge on any atom is 0.328 e. The van der Waals surface area contributed by atoms with E-state index in [4.69, 9.17) is 4.74 Å². The molecule has 2 aromatic rings. The van der Waals surface area contributed by atoms with Crippen LogP contribution in [0.5, 0.6) is 0 Å². The van der Waals surface area contributed by atoms with Crippen molar-refractivity contribution >= 4 is 17.6 Å². The molecule has 0 aliphatic carbocycles. The zero-order valence-corrected chi connectivity index (χ0v) is 14.2. The van der Waals surface area contributed by atoms with Crippen molar-refractivity contribution in [1.29, 1.82) is 0 Å². The van der Waals surface area contributed by atoms with Gasteiger partial charge in [0.25, 0.3) is 5.91 Å². The van der Waals surface area contributed by atoms with Gasteiger partial charge in [-0.3, -0.25) is 4.79 Å². The van der Waals surface area contributed by atoms with E-state index >= 15 is 0 Å². The lowest BCUT2D eigenvalue weighted by atomic mass is 10.1. The van der Waals surface area contributed by atoms with E-state index < -0.39 is 12.0 Å². The second-order valence-corrected chi connectivity index (χ2v) is 5.68. The normalized spacial score (nSPS) is 11.5. The molecular weight excluding hydrogens is 304 g/mol. The first-order valence-corrected chi connectivity index (χ1v) is 7.71. The molecule has 0 heterocycles. The number of carbonyl (C=O) groups is 2. The van der Waals surface area contributed by atoms with Crippen LogP contribution in [0.3, 0.4) is 0 Å². The molecule has 24 heavy (non-hydrogen) atoms. The lowest BCUT2D eigenvalue weighted by Crippen LogP contribution is -2.43. The van der Waals surface area contributed by atoms with Gasteiger partial charge in [-0.15, -0.1) is 0 Å². The predicted molar refractivity (Wildman–Crippen MR) is 94.2 cm³/mol. The Kier molecular flexibility index (Phi) is 5.95. The summed E-state index contributed by atoms with van der Waals surface area (Å²) in [6, 6.07) is 16.0. The second kappa shape index (κ2) is 8.15. The molecule has 0 aromatic heterocycles. The fourth-order valence-corrected chi connectivity index (χ4v) is 2.35. The maximum atomic E-state index is 12.5. The van der Waals surface area contributed by atoms with Crippen molar-refractivity contribution in [3.8, 4) is 0 Å². The summed E-state index contributed by atoms with van der Waals surface area (Å²) in [4.78, 5) is 26.4. The number of ether oxygens (including phenoxy) is 1. The van der Waals surface area contributed by atoms with E-state index in [-0.39, 0.29) is 5.91 Å². The van der Waals surface area contributed by atoms with Gasteiger partial charge in [-0.2, -0.15) is 0 Å². The highest BCUT2D eigenvalue weighted by atomic mass is 16.5. The van der Waals surface area contributed by atoms with Gasteiger partial charge >= 0.3 is 5.97 Å². The number of nitrogens with one attached hydrogen (secondary N) is 1. The monoisotopic (exact) mass is 326 g/mol. The number of carbonyl (C=O) groups excluding carboxylic acids is 2. The Hall–Kier alpha value is -2.82. The van der Waals surface area contributed by atoms with Gasteiger partial charge < -0.3 is 15.0 Å². The third-order valence-electron chi connectivity index (χ3n) is 3.70. The topological polar surface area (TPSA) is 58.6 Å². The molecule has 0 aliphatic rings. The summed E-state index contributed by atoms with van der Waals surface area (Å²) in [6.45, 7) is 0. The molecule has 0 spiro atoms. The molecule has 0 saturated carbocycles. The van der Waals surface area contributed by atoms with E-state index in [1.807, 2.05) is 61.5 Å². The van der Waals surface area contributed by atoms with Crippen LogP contribution in [0.1, 0.15) is 15.9 Å². The Balaban J connectivity index is 2.15. The summed E-state index contributed by atoms with van der Waals surface area (Å²) >= 11 is 0. The fourth-order valence-electron chi connectivity index (χ4n) is 2.35. The minimum atomic E-state index is -0.729. The van der Waals surface area contributed by atoms with Gasteiger partial charge in [0.15, 0.2) is 0 Å². The van der Waals surface area contributed by atoms with E-state index in [1.54, 1.807) is 12.1 Å². The van der Waals surface area contributed by atoms with Crippen LogP contribution >= 0.6 is 0 Å². The molecule has 1 N–H and O–H groups in total. The SMILES string of the molecule is COC(=O)[C@H](Cc1ccccc1)NC(=O)c1cccc(N(C)C)c1. The summed E-state index contributed by atoms with van der Waals surface area (Å²) in [6.07, 6.45) is 0.382. The quantitative estimate of drug-likeness (QED) is 0.827. The predicted octanol–water partition coefficient (Wildman–Crippen LogP) is 2.27. The van der Waals surface area contributed by atoms with Gasteiger partial charge in [-0.05, 0) is 23.8 Å². The van der Waals surface area contributed by atoms with E-state index in [2.05, 4.69) is 5.32 Å². The van der Waals surface area contributed by atoms with Gasteiger partial charge in [0.1, 0.15) is 6.04 Å². The summed E-state index contributed by atoms with van der Waals surface area (Å²) in [5.74, 6) is -0.763. The number of hydrogen-bond acceptors (Lipinski definition) is 4. The van der Waals surface area contributed by atoms with Gasteiger partial charge in [0.2, 0.25) is 0 Å². The fraction of sp³-hybridized carbons (Fsp3) is 0.263. The molecule has 0 aliphatic heterocycles. The molecule has 5 nitrogen and oxygen atoms in total. The van der Waals surface area contributed by atoms with Gasteiger partial charge in [0, 0.05) is 31.8 Å². The largest absolute Gasteiger partial charge is 0.467 e. The van der Waals surface area contributed by atoms with E-state index in [9.17, 15) is 9.59 Å². The average Bonchev–Trinajstić information content (AvgIpc) is 2.61. The van der Waals surface area contributed by atoms with E-state index in [0.29, 0.717) is 12.0 Å². The number of anilines is 1. The third kappa shape index (κ3) is 4.59. The van der Waals surface area contributed by atoms with Gasteiger partial charge in [-0.25, -0.2) is 4.79 Å². The Bertz CT molecular complexity index is 699. The minimum Gasteiger partial charge on any atom is -0.467 e. The van der Waals surface area contributed by atoms with Crippen LogP contribution < -0.4 is 10.2 Å². The van der Waals surface area contributed by atoms with Crippen LogP contribution in [-0.4, -0.2) is 39.1 Å². The molecule has 2 rings (SSSR count). The van der Waals surface area contributed by atoms with Crippen LogP contribution in [0, 0.1) is 0 Å². The Morgan fingerprint density at radius 3 is 2.42 bits per heavy atom. The van der Waals surface area contributed by atoms with Crippen LogP contribution in [-0.2, 0) is 16.0 Å². The molecule has 2 aromatic carbocycles. The van der Waals surface area contributed by atoms with Crippen molar-refractivity contribution < 1.29 is 14.3 Å². The molecule has 0 radical (unpaired) electrons. The summed E-state index contributed by atoms with van der Waals surface area (Å²) in [5.41, 5.74) is 2.37. The van der Waals surface area contributed by atoms with Crippen LogP contribution in [0.15, 0.2) is 54.6 Å². The van der Waals surface area contributed by atoms with Crippen molar-refractivity contribution in [3.05, 3.63) is 65.7 Å².